The molecule has 3 N–H and O–H groups in total. The number of nitrogens with one attached hydrogen (secondary N) is 1. The number of pyridine rings is 1. The third-order valence-electron chi connectivity index (χ3n) is 2.61. The molecule has 2 aromatic rings. The number of nitrogen functional groups attached to an aromatic ring is 1. The predicted molar refractivity (Wildman–Crippen MR) is 83.8 cm³/mol. The average Bonchev–Trinajstić information content (AvgIpc) is 2.45. The maximum absolute atomic E-state index is 5.80. The fourth-order valence-corrected chi connectivity index (χ4v) is 1.98. The van der Waals surface area contributed by atoms with Crippen molar-refractivity contribution < 1.29 is 9.47 Å². The second-order valence-corrected chi connectivity index (χ2v) is 4.85. The normalized spacial score (nSPS) is 10.2. The highest BCUT2D eigenvalue weighted by Crippen LogP contribution is 2.30. The summed E-state index contributed by atoms with van der Waals surface area (Å²) < 4.78 is 11.5. The first kappa shape index (κ1) is 14.5. The standard InChI is InChI=1S/C14H16BrN3O2/c1-3-20-14-11(16)6-7-13(18-14)17-12-8-9(19-2)4-5-10(12)15/h4-8H,3,16H2,1-2H3,(H,17,18). The molecule has 6 heteroatoms. The predicted octanol–water partition coefficient (Wildman–Crippen LogP) is 3.58. The van der Waals surface area contributed by atoms with Gasteiger partial charge in [0.1, 0.15) is 11.6 Å². The third kappa shape index (κ3) is 3.33. The van der Waals surface area contributed by atoms with Gasteiger partial charge < -0.3 is 20.5 Å². The Hall–Kier alpha value is -1.95. The Morgan fingerprint density at radius 2 is 2.10 bits per heavy atom. The van der Waals surface area contributed by atoms with E-state index in [-0.39, 0.29) is 0 Å². The molecule has 0 atom stereocenters. The Kier molecular flexibility index (Phi) is 4.68. The molecule has 0 aliphatic carbocycles. The molecule has 1 aromatic carbocycles. The van der Waals surface area contributed by atoms with Gasteiger partial charge in [-0.1, -0.05) is 0 Å². The minimum absolute atomic E-state index is 0.427. The van der Waals surface area contributed by atoms with Gasteiger partial charge in [-0.3, -0.25) is 0 Å². The highest BCUT2D eigenvalue weighted by Gasteiger charge is 2.07. The third-order valence-corrected chi connectivity index (χ3v) is 3.30. The quantitative estimate of drug-likeness (QED) is 0.872. The van der Waals surface area contributed by atoms with E-state index in [1.54, 1.807) is 19.2 Å². The number of benzene rings is 1. The Morgan fingerprint density at radius 3 is 2.80 bits per heavy atom. The van der Waals surface area contributed by atoms with Gasteiger partial charge in [0, 0.05) is 10.5 Å². The molecule has 0 saturated heterocycles. The monoisotopic (exact) mass is 337 g/mol. The lowest BCUT2D eigenvalue weighted by molar-refractivity contribution is 0.329. The van der Waals surface area contributed by atoms with Crippen LogP contribution in [0.3, 0.4) is 0 Å². The number of hydrogen-bond acceptors (Lipinski definition) is 5. The molecule has 0 aliphatic heterocycles. The SMILES string of the molecule is CCOc1nc(Nc2cc(OC)ccc2Br)ccc1N. The molecule has 0 unspecified atom stereocenters. The van der Waals surface area contributed by atoms with Crippen LogP contribution in [0.15, 0.2) is 34.8 Å². The largest absolute Gasteiger partial charge is 0.497 e. The highest BCUT2D eigenvalue weighted by atomic mass is 79.9. The summed E-state index contributed by atoms with van der Waals surface area (Å²) in [6.07, 6.45) is 0. The Balaban J connectivity index is 2.27. The van der Waals surface area contributed by atoms with Crippen LogP contribution in [0.2, 0.25) is 0 Å². The topological polar surface area (TPSA) is 69.4 Å². The van der Waals surface area contributed by atoms with Crippen LogP contribution in [0.25, 0.3) is 0 Å². The van der Waals surface area contributed by atoms with Crippen LogP contribution < -0.4 is 20.5 Å². The molecule has 0 saturated carbocycles. The molecular formula is C14H16BrN3O2. The van der Waals surface area contributed by atoms with Gasteiger partial charge in [0.05, 0.1) is 25.1 Å². The van der Waals surface area contributed by atoms with Crippen LogP contribution in [0.4, 0.5) is 17.2 Å². The van der Waals surface area contributed by atoms with Gasteiger partial charge in [0.25, 0.3) is 0 Å². The Bertz CT molecular complexity index is 605. The van der Waals surface area contributed by atoms with E-state index in [4.69, 9.17) is 15.2 Å². The molecule has 1 heterocycles. The van der Waals surface area contributed by atoms with Gasteiger partial charge >= 0.3 is 0 Å². The zero-order chi connectivity index (χ0) is 14.5. The molecular weight excluding hydrogens is 322 g/mol. The number of methoxy groups -OCH3 is 1. The molecule has 0 bridgehead atoms. The Labute approximate surface area is 126 Å². The second-order valence-electron chi connectivity index (χ2n) is 3.99. The lowest BCUT2D eigenvalue weighted by Gasteiger charge is -2.12. The number of anilines is 3. The highest BCUT2D eigenvalue weighted by molar-refractivity contribution is 9.10. The molecule has 0 amide bonds. The maximum atomic E-state index is 5.80. The van der Waals surface area contributed by atoms with Crippen molar-refractivity contribution in [3.8, 4) is 11.6 Å². The van der Waals surface area contributed by atoms with Gasteiger partial charge in [-0.15, -0.1) is 0 Å². The smallest absolute Gasteiger partial charge is 0.239 e. The van der Waals surface area contributed by atoms with Gasteiger partial charge in [-0.25, -0.2) is 0 Å². The fraction of sp³-hybridized carbons (Fsp3) is 0.214. The van der Waals surface area contributed by atoms with Crippen molar-refractivity contribution in [2.75, 3.05) is 24.8 Å². The van der Waals surface area contributed by atoms with Gasteiger partial charge in [-0.05, 0) is 47.1 Å². The van der Waals surface area contributed by atoms with Crippen molar-refractivity contribution >= 4 is 33.1 Å². The lowest BCUT2D eigenvalue weighted by Crippen LogP contribution is -2.02. The minimum atomic E-state index is 0.427. The van der Waals surface area contributed by atoms with Crippen LogP contribution in [-0.4, -0.2) is 18.7 Å². The lowest BCUT2D eigenvalue weighted by atomic mass is 10.3. The minimum Gasteiger partial charge on any atom is -0.497 e. The number of rotatable bonds is 5. The summed E-state index contributed by atoms with van der Waals surface area (Å²) in [6.45, 7) is 2.41. The summed E-state index contributed by atoms with van der Waals surface area (Å²) in [4.78, 5) is 4.33. The molecule has 5 nitrogen and oxygen atoms in total. The van der Waals surface area contributed by atoms with E-state index >= 15 is 0 Å². The molecule has 20 heavy (non-hydrogen) atoms. The van der Waals surface area contributed by atoms with Gasteiger partial charge in [0.2, 0.25) is 5.88 Å². The summed E-state index contributed by atoms with van der Waals surface area (Å²) in [5.41, 5.74) is 7.17. The second kappa shape index (κ2) is 6.47. The van der Waals surface area contributed by atoms with Crippen molar-refractivity contribution in [1.82, 2.24) is 4.98 Å². The number of aromatic nitrogens is 1. The maximum Gasteiger partial charge on any atom is 0.239 e. The van der Waals surface area contributed by atoms with Crippen molar-refractivity contribution in [1.29, 1.82) is 0 Å². The first-order chi connectivity index (χ1) is 9.63. The summed E-state index contributed by atoms with van der Waals surface area (Å²) >= 11 is 3.48. The van der Waals surface area contributed by atoms with Crippen molar-refractivity contribution in [3.05, 3.63) is 34.8 Å². The number of halogens is 1. The average molecular weight is 338 g/mol. The van der Waals surface area contributed by atoms with Crippen molar-refractivity contribution in [2.45, 2.75) is 6.92 Å². The summed E-state index contributed by atoms with van der Waals surface area (Å²) in [5, 5.41) is 3.20. The van der Waals surface area contributed by atoms with Gasteiger partial charge in [0.15, 0.2) is 0 Å². The molecule has 2 rings (SSSR count). The zero-order valence-corrected chi connectivity index (χ0v) is 12.9. The van der Waals surface area contributed by atoms with Gasteiger partial charge in [-0.2, -0.15) is 4.98 Å². The Morgan fingerprint density at radius 1 is 1.30 bits per heavy atom. The van der Waals surface area contributed by atoms with Crippen LogP contribution >= 0.6 is 15.9 Å². The number of nitrogens with two attached hydrogens (primary N) is 1. The number of ether oxygens (including phenoxy) is 2. The van der Waals surface area contributed by atoms with Crippen molar-refractivity contribution in [2.24, 2.45) is 0 Å². The van der Waals surface area contributed by atoms with E-state index in [0.717, 1.165) is 15.9 Å². The molecule has 0 spiro atoms. The zero-order valence-electron chi connectivity index (χ0n) is 11.3. The van der Waals surface area contributed by atoms with E-state index < -0.39 is 0 Å². The first-order valence-corrected chi connectivity index (χ1v) is 6.93. The number of nitrogens with zero attached hydrogens (tertiary/aromatic N) is 1. The molecule has 0 aliphatic rings. The fourth-order valence-electron chi connectivity index (χ4n) is 1.64. The summed E-state index contributed by atoms with van der Waals surface area (Å²) in [7, 11) is 1.63. The van der Waals surface area contributed by atoms with E-state index in [1.807, 2.05) is 25.1 Å². The molecule has 106 valence electrons. The van der Waals surface area contributed by atoms with E-state index in [2.05, 4.69) is 26.2 Å². The molecule has 0 fully saturated rings. The molecule has 0 radical (unpaired) electrons. The first-order valence-electron chi connectivity index (χ1n) is 6.14. The van der Waals surface area contributed by atoms with Crippen LogP contribution in [0.1, 0.15) is 6.92 Å². The summed E-state index contributed by atoms with van der Waals surface area (Å²) in [6, 6.07) is 9.21. The van der Waals surface area contributed by atoms with Crippen LogP contribution in [0, 0.1) is 0 Å². The summed E-state index contributed by atoms with van der Waals surface area (Å²) in [5.74, 6) is 1.84. The van der Waals surface area contributed by atoms with E-state index in [1.165, 1.54) is 0 Å². The van der Waals surface area contributed by atoms with Crippen LogP contribution in [0.5, 0.6) is 11.6 Å². The number of hydrogen-bond donors (Lipinski definition) is 2. The van der Waals surface area contributed by atoms with Crippen LogP contribution in [-0.2, 0) is 0 Å². The van der Waals surface area contributed by atoms with E-state index in [0.29, 0.717) is 24.0 Å². The van der Waals surface area contributed by atoms with E-state index in [9.17, 15) is 0 Å². The molecule has 1 aromatic heterocycles. The van der Waals surface area contributed by atoms with Crippen molar-refractivity contribution in [3.63, 3.8) is 0 Å².